The summed E-state index contributed by atoms with van der Waals surface area (Å²) in [6.07, 6.45) is 1.92. The molecule has 0 amide bonds. The third-order valence-corrected chi connectivity index (χ3v) is 3.09. The molecule has 1 fully saturated rings. The molecule has 0 spiro atoms. The van der Waals surface area contributed by atoms with E-state index in [1.807, 2.05) is 0 Å². The number of aromatic nitrogens is 4. The zero-order chi connectivity index (χ0) is 12.0. The lowest BCUT2D eigenvalue weighted by atomic mass is 10.3. The van der Waals surface area contributed by atoms with Crippen molar-refractivity contribution >= 4 is 15.9 Å². The fourth-order valence-electron chi connectivity index (χ4n) is 1.69. The molecule has 0 radical (unpaired) electrons. The Labute approximate surface area is 104 Å². The second kappa shape index (κ2) is 3.83. The summed E-state index contributed by atoms with van der Waals surface area (Å²) in [7, 11) is 0. The predicted octanol–water partition coefficient (Wildman–Crippen LogP) is 2.58. The second-order valence-electron chi connectivity index (χ2n) is 3.94. The van der Waals surface area contributed by atoms with Gasteiger partial charge in [-0.3, -0.25) is 0 Å². The molecule has 1 aromatic carbocycles. The van der Waals surface area contributed by atoms with Crippen molar-refractivity contribution < 1.29 is 8.78 Å². The van der Waals surface area contributed by atoms with Crippen LogP contribution in [0.3, 0.4) is 0 Å². The van der Waals surface area contributed by atoms with Crippen LogP contribution >= 0.6 is 15.9 Å². The van der Waals surface area contributed by atoms with Crippen molar-refractivity contribution in [2.24, 2.45) is 0 Å². The number of nitrogens with zero attached hydrogens (tertiary/aromatic N) is 4. The van der Waals surface area contributed by atoms with Gasteiger partial charge in [0.15, 0.2) is 17.5 Å². The minimum absolute atomic E-state index is 0.215. The first-order chi connectivity index (χ1) is 8.16. The Bertz CT molecular complexity index is 556. The van der Waals surface area contributed by atoms with Crippen molar-refractivity contribution in [3.63, 3.8) is 0 Å². The minimum atomic E-state index is -0.689. The van der Waals surface area contributed by atoms with E-state index in [2.05, 4.69) is 31.5 Å². The van der Waals surface area contributed by atoms with Crippen LogP contribution in [-0.2, 0) is 0 Å². The molecular formula is C10H7BrF2N4. The van der Waals surface area contributed by atoms with Crippen molar-refractivity contribution in [1.82, 2.24) is 20.2 Å². The normalized spacial score (nSPS) is 15.2. The molecule has 4 nitrogen and oxygen atoms in total. The summed E-state index contributed by atoms with van der Waals surface area (Å²) in [5.74, 6) is -0.644. The Kier molecular flexibility index (Phi) is 2.43. The summed E-state index contributed by atoms with van der Waals surface area (Å²) in [5.41, 5.74) is -0.222. The summed E-state index contributed by atoms with van der Waals surface area (Å²) in [5, 5.41) is 11.0. The maximum Gasteiger partial charge on any atom is 0.160 e. The molecule has 0 saturated heterocycles. The van der Waals surface area contributed by atoms with E-state index in [1.165, 1.54) is 12.1 Å². The minimum Gasteiger partial charge on any atom is -0.204 e. The van der Waals surface area contributed by atoms with E-state index in [9.17, 15) is 8.78 Å². The molecule has 7 heteroatoms. The number of rotatable bonds is 2. The largest absolute Gasteiger partial charge is 0.204 e. The van der Waals surface area contributed by atoms with Gasteiger partial charge in [-0.2, -0.15) is 4.68 Å². The van der Waals surface area contributed by atoms with E-state index < -0.39 is 11.6 Å². The second-order valence-corrected chi connectivity index (χ2v) is 4.86. The third-order valence-electron chi connectivity index (χ3n) is 2.63. The summed E-state index contributed by atoms with van der Waals surface area (Å²) in [6, 6.07) is 2.38. The number of hydrogen-bond donors (Lipinski definition) is 0. The Balaban J connectivity index is 2.17. The van der Waals surface area contributed by atoms with Crippen LogP contribution in [0.2, 0.25) is 0 Å². The van der Waals surface area contributed by atoms with Gasteiger partial charge in [-0.15, -0.1) is 5.10 Å². The Hall–Kier alpha value is -1.37. The third kappa shape index (κ3) is 1.84. The highest BCUT2D eigenvalue weighted by atomic mass is 79.9. The number of hydrogen-bond acceptors (Lipinski definition) is 3. The lowest BCUT2D eigenvalue weighted by molar-refractivity contribution is 0.550. The molecule has 0 unspecified atom stereocenters. The quantitative estimate of drug-likeness (QED) is 0.856. The monoisotopic (exact) mass is 300 g/mol. The van der Waals surface area contributed by atoms with Crippen molar-refractivity contribution in [1.29, 1.82) is 0 Å². The predicted molar refractivity (Wildman–Crippen MR) is 58.7 cm³/mol. The van der Waals surface area contributed by atoms with Gasteiger partial charge >= 0.3 is 0 Å². The average Bonchev–Trinajstić information content (AvgIpc) is 2.98. The van der Waals surface area contributed by atoms with Crippen LogP contribution in [-0.4, -0.2) is 20.2 Å². The molecule has 0 bridgehead atoms. The molecule has 0 atom stereocenters. The number of tetrazole rings is 1. The molecule has 2 aromatic rings. The van der Waals surface area contributed by atoms with Crippen molar-refractivity contribution in [2.75, 3.05) is 0 Å². The molecule has 3 rings (SSSR count). The lowest BCUT2D eigenvalue weighted by Gasteiger charge is -2.06. The molecular weight excluding hydrogens is 294 g/mol. The Morgan fingerprint density at radius 2 is 1.88 bits per heavy atom. The van der Waals surface area contributed by atoms with Crippen LogP contribution < -0.4 is 0 Å². The molecule has 88 valence electrons. The van der Waals surface area contributed by atoms with Crippen LogP contribution in [0.4, 0.5) is 8.78 Å². The molecule has 1 heterocycles. The van der Waals surface area contributed by atoms with E-state index in [-0.39, 0.29) is 11.6 Å². The van der Waals surface area contributed by atoms with Crippen molar-refractivity contribution in [2.45, 2.75) is 18.8 Å². The van der Waals surface area contributed by atoms with Crippen molar-refractivity contribution in [3.8, 4) is 5.69 Å². The van der Waals surface area contributed by atoms with Crippen LogP contribution in [0.15, 0.2) is 16.6 Å². The average molecular weight is 301 g/mol. The molecule has 17 heavy (non-hydrogen) atoms. The summed E-state index contributed by atoms with van der Waals surface area (Å²) in [4.78, 5) is 0. The Morgan fingerprint density at radius 1 is 1.24 bits per heavy atom. The first kappa shape index (κ1) is 10.8. The van der Waals surface area contributed by atoms with E-state index in [0.717, 1.165) is 17.5 Å². The fourth-order valence-corrected chi connectivity index (χ4v) is 2.09. The number of benzene rings is 1. The number of halogens is 3. The molecule has 1 aliphatic carbocycles. The first-order valence-corrected chi connectivity index (χ1v) is 5.89. The summed E-state index contributed by atoms with van der Waals surface area (Å²) < 4.78 is 29.0. The maximum atomic E-state index is 13.8. The maximum absolute atomic E-state index is 13.8. The van der Waals surface area contributed by atoms with Gasteiger partial charge in [0.1, 0.15) is 5.69 Å². The van der Waals surface area contributed by atoms with Gasteiger partial charge in [0.2, 0.25) is 0 Å². The van der Waals surface area contributed by atoms with Crippen LogP contribution in [0.25, 0.3) is 5.69 Å². The van der Waals surface area contributed by atoms with Gasteiger partial charge in [-0.1, -0.05) is 15.9 Å². The highest BCUT2D eigenvalue weighted by Crippen LogP contribution is 2.39. The standard InChI is InChI=1S/C10H7BrF2N4/c11-6-3-7(12)9(8(13)4-6)17-10(5-1-2-5)14-15-16-17/h3-5H,1-2H2. The molecule has 1 aromatic heterocycles. The zero-order valence-electron chi connectivity index (χ0n) is 8.57. The highest BCUT2D eigenvalue weighted by molar-refractivity contribution is 9.10. The summed E-state index contributed by atoms with van der Waals surface area (Å²) >= 11 is 3.03. The first-order valence-electron chi connectivity index (χ1n) is 5.10. The van der Waals surface area contributed by atoms with Gasteiger partial charge in [0.25, 0.3) is 0 Å². The van der Waals surface area contributed by atoms with E-state index in [4.69, 9.17) is 0 Å². The van der Waals surface area contributed by atoms with Gasteiger partial charge in [-0.25, -0.2) is 8.78 Å². The SMILES string of the molecule is Fc1cc(Br)cc(F)c1-n1nnnc1C1CC1. The van der Waals surface area contributed by atoms with E-state index >= 15 is 0 Å². The lowest BCUT2D eigenvalue weighted by Crippen LogP contribution is -2.07. The van der Waals surface area contributed by atoms with E-state index in [0.29, 0.717) is 10.3 Å². The molecule has 1 aliphatic rings. The fraction of sp³-hybridized carbons (Fsp3) is 0.300. The van der Waals surface area contributed by atoms with Gasteiger partial charge in [0.05, 0.1) is 0 Å². The van der Waals surface area contributed by atoms with Crippen molar-refractivity contribution in [3.05, 3.63) is 34.1 Å². The summed E-state index contributed by atoms with van der Waals surface area (Å²) in [6.45, 7) is 0. The van der Waals surface area contributed by atoms with E-state index in [1.54, 1.807) is 0 Å². The van der Waals surface area contributed by atoms with Gasteiger partial charge in [0, 0.05) is 10.4 Å². The molecule has 0 aliphatic heterocycles. The molecule has 1 saturated carbocycles. The van der Waals surface area contributed by atoms with Crippen LogP contribution in [0.5, 0.6) is 0 Å². The van der Waals surface area contributed by atoms with Gasteiger partial charge in [-0.05, 0) is 35.4 Å². The van der Waals surface area contributed by atoms with Gasteiger partial charge < -0.3 is 0 Å². The highest BCUT2D eigenvalue weighted by Gasteiger charge is 2.31. The molecule has 0 N–H and O–H groups in total. The smallest absolute Gasteiger partial charge is 0.160 e. The van der Waals surface area contributed by atoms with Crippen LogP contribution in [0, 0.1) is 11.6 Å². The topological polar surface area (TPSA) is 43.6 Å². The van der Waals surface area contributed by atoms with Crippen LogP contribution in [0.1, 0.15) is 24.6 Å². The Morgan fingerprint density at radius 3 is 2.47 bits per heavy atom. The zero-order valence-corrected chi connectivity index (χ0v) is 10.2.